The van der Waals surface area contributed by atoms with Crippen molar-refractivity contribution >= 4 is 17.8 Å². The van der Waals surface area contributed by atoms with Crippen LogP contribution in [0.2, 0.25) is 0 Å². The van der Waals surface area contributed by atoms with Gasteiger partial charge in [0.15, 0.2) is 0 Å². The van der Waals surface area contributed by atoms with Gasteiger partial charge in [0, 0.05) is 23.5 Å². The number of nitrogens with one attached hydrogen (secondary N) is 1. The zero-order valence-corrected chi connectivity index (χ0v) is 16.4. The van der Waals surface area contributed by atoms with Crippen LogP contribution in [0.4, 0.5) is 0 Å². The SMILES string of the molecule is CCCCc1cc(CCC)c(/C=C2\N=C(CCC(=O)O)C=C2CCC)[nH]1. The molecule has 0 fully saturated rings. The zero-order valence-electron chi connectivity index (χ0n) is 16.4. The predicted molar refractivity (Wildman–Crippen MR) is 109 cm³/mol. The molecule has 2 rings (SSSR count). The van der Waals surface area contributed by atoms with Crippen molar-refractivity contribution in [3.63, 3.8) is 0 Å². The Morgan fingerprint density at radius 3 is 2.54 bits per heavy atom. The number of aromatic nitrogens is 1. The molecule has 0 atom stereocenters. The van der Waals surface area contributed by atoms with E-state index in [4.69, 9.17) is 10.1 Å². The molecule has 0 radical (unpaired) electrons. The molecule has 0 amide bonds. The maximum absolute atomic E-state index is 10.8. The quantitative estimate of drug-likeness (QED) is 0.534. The van der Waals surface area contributed by atoms with Gasteiger partial charge in [-0.15, -0.1) is 0 Å². The second kappa shape index (κ2) is 10.1. The normalized spacial score (nSPS) is 15.4. The Labute approximate surface area is 157 Å². The maximum atomic E-state index is 10.8. The first-order chi connectivity index (χ1) is 12.6. The maximum Gasteiger partial charge on any atom is 0.303 e. The van der Waals surface area contributed by atoms with Gasteiger partial charge < -0.3 is 10.1 Å². The Bertz CT molecular complexity index is 708. The Morgan fingerprint density at radius 2 is 1.88 bits per heavy atom. The first-order valence-electron chi connectivity index (χ1n) is 10.00. The highest BCUT2D eigenvalue weighted by molar-refractivity contribution is 6.01. The number of carbonyl (C=O) groups is 1. The van der Waals surface area contributed by atoms with E-state index < -0.39 is 5.97 Å². The smallest absolute Gasteiger partial charge is 0.303 e. The summed E-state index contributed by atoms with van der Waals surface area (Å²) in [6.07, 6.45) is 12.5. The van der Waals surface area contributed by atoms with Crippen molar-refractivity contribution in [1.29, 1.82) is 0 Å². The average molecular weight is 357 g/mol. The number of carboxylic acid groups (broad SMARTS) is 1. The molecule has 26 heavy (non-hydrogen) atoms. The number of rotatable bonds is 11. The van der Waals surface area contributed by atoms with Gasteiger partial charge in [-0.25, -0.2) is 0 Å². The van der Waals surface area contributed by atoms with Crippen LogP contribution in [0, 0.1) is 0 Å². The second-order valence-electron chi connectivity index (χ2n) is 7.03. The van der Waals surface area contributed by atoms with E-state index in [1.54, 1.807) is 0 Å². The third kappa shape index (κ3) is 5.72. The van der Waals surface area contributed by atoms with Gasteiger partial charge in [0.25, 0.3) is 0 Å². The predicted octanol–water partition coefficient (Wildman–Crippen LogP) is 5.70. The van der Waals surface area contributed by atoms with E-state index in [-0.39, 0.29) is 6.42 Å². The Hall–Kier alpha value is -2.10. The molecule has 0 spiro atoms. The molecule has 0 unspecified atom stereocenters. The minimum absolute atomic E-state index is 0.132. The largest absolute Gasteiger partial charge is 0.481 e. The molecule has 0 saturated carbocycles. The van der Waals surface area contributed by atoms with Crippen LogP contribution in [0.25, 0.3) is 6.08 Å². The summed E-state index contributed by atoms with van der Waals surface area (Å²) in [6.45, 7) is 6.58. The van der Waals surface area contributed by atoms with Crippen LogP contribution < -0.4 is 0 Å². The molecule has 142 valence electrons. The minimum Gasteiger partial charge on any atom is -0.481 e. The van der Waals surface area contributed by atoms with E-state index in [2.05, 4.69) is 44.0 Å². The van der Waals surface area contributed by atoms with Gasteiger partial charge in [-0.3, -0.25) is 9.79 Å². The number of hydrogen-bond acceptors (Lipinski definition) is 2. The molecule has 1 aliphatic heterocycles. The lowest BCUT2D eigenvalue weighted by molar-refractivity contribution is -0.136. The standard InChI is InChI=1S/C22H32N2O2/c1-4-7-10-18-13-16(8-5-2)20(23-18)15-21-17(9-6-3)14-19(24-21)11-12-22(25)26/h13-15,23H,4-12H2,1-3H3,(H,25,26)/b21-15-. The van der Waals surface area contributed by atoms with Gasteiger partial charge in [0.05, 0.1) is 12.1 Å². The Morgan fingerprint density at radius 1 is 1.12 bits per heavy atom. The van der Waals surface area contributed by atoms with Crippen LogP contribution in [0.5, 0.6) is 0 Å². The van der Waals surface area contributed by atoms with Crippen molar-refractivity contribution in [3.05, 3.63) is 40.4 Å². The number of hydrogen-bond donors (Lipinski definition) is 2. The molecule has 1 aliphatic rings. The molecule has 4 nitrogen and oxygen atoms in total. The molecule has 0 saturated heterocycles. The van der Waals surface area contributed by atoms with Crippen molar-refractivity contribution in [2.45, 2.75) is 78.6 Å². The highest BCUT2D eigenvalue weighted by Crippen LogP contribution is 2.28. The fourth-order valence-electron chi connectivity index (χ4n) is 3.31. The molecule has 1 aromatic rings. The third-order valence-electron chi connectivity index (χ3n) is 4.64. The highest BCUT2D eigenvalue weighted by Gasteiger charge is 2.16. The van der Waals surface area contributed by atoms with Gasteiger partial charge in [-0.1, -0.05) is 40.0 Å². The molecular weight excluding hydrogens is 324 g/mol. The van der Waals surface area contributed by atoms with E-state index >= 15 is 0 Å². The van der Waals surface area contributed by atoms with Crippen LogP contribution in [-0.4, -0.2) is 21.8 Å². The van der Waals surface area contributed by atoms with Crippen LogP contribution in [-0.2, 0) is 17.6 Å². The average Bonchev–Trinajstić information content (AvgIpc) is 3.16. The number of nitrogens with zero attached hydrogens (tertiary/aromatic N) is 1. The van der Waals surface area contributed by atoms with Crippen LogP contribution in [0.15, 0.2) is 28.4 Å². The first kappa shape index (κ1) is 20.2. The monoisotopic (exact) mass is 356 g/mol. The van der Waals surface area contributed by atoms with Gasteiger partial charge in [-0.05, 0) is 55.0 Å². The minimum atomic E-state index is -0.772. The molecule has 0 aliphatic carbocycles. The lowest BCUT2D eigenvalue weighted by atomic mass is 10.0. The van der Waals surface area contributed by atoms with E-state index in [0.717, 1.165) is 49.2 Å². The van der Waals surface area contributed by atoms with Crippen molar-refractivity contribution in [1.82, 2.24) is 4.98 Å². The number of carboxylic acids is 1. The van der Waals surface area contributed by atoms with Crippen molar-refractivity contribution in [2.24, 2.45) is 4.99 Å². The summed E-state index contributed by atoms with van der Waals surface area (Å²) < 4.78 is 0. The molecule has 0 bridgehead atoms. The van der Waals surface area contributed by atoms with Crippen LogP contribution in [0.1, 0.15) is 82.7 Å². The summed E-state index contributed by atoms with van der Waals surface area (Å²) in [5, 5.41) is 8.92. The third-order valence-corrected chi connectivity index (χ3v) is 4.64. The van der Waals surface area contributed by atoms with Crippen LogP contribution >= 0.6 is 0 Å². The number of aliphatic imine (C=N–C) groups is 1. The molecule has 2 N–H and O–H groups in total. The zero-order chi connectivity index (χ0) is 18.9. The number of allylic oxidation sites excluding steroid dienone is 2. The van der Waals surface area contributed by atoms with E-state index in [9.17, 15) is 4.79 Å². The van der Waals surface area contributed by atoms with Gasteiger partial charge in [0.2, 0.25) is 0 Å². The lowest BCUT2D eigenvalue weighted by Crippen LogP contribution is -1.99. The number of H-pyrrole nitrogens is 1. The van der Waals surface area contributed by atoms with E-state index in [1.165, 1.54) is 29.7 Å². The van der Waals surface area contributed by atoms with Crippen LogP contribution in [0.3, 0.4) is 0 Å². The van der Waals surface area contributed by atoms with Crippen molar-refractivity contribution in [2.75, 3.05) is 0 Å². The van der Waals surface area contributed by atoms with Gasteiger partial charge in [-0.2, -0.15) is 0 Å². The number of aromatic amines is 1. The molecule has 4 heteroatoms. The highest BCUT2D eigenvalue weighted by atomic mass is 16.4. The summed E-state index contributed by atoms with van der Waals surface area (Å²) in [4.78, 5) is 19.2. The number of aryl methyl sites for hydroxylation is 2. The molecule has 0 aromatic carbocycles. The molecular formula is C22H32N2O2. The lowest BCUT2D eigenvalue weighted by Gasteiger charge is -2.03. The summed E-state index contributed by atoms with van der Waals surface area (Å²) in [5.41, 5.74) is 6.93. The second-order valence-corrected chi connectivity index (χ2v) is 7.03. The van der Waals surface area contributed by atoms with E-state index in [0.29, 0.717) is 6.42 Å². The summed E-state index contributed by atoms with van der Waals surface area (Å²) in [7, 11) is 0. The summed E-state index contributed by atoms with van der Waals surface area (Å²) in [6, 6.07) is 2.30. The number of aliphatic carboxylic acids is 1. The summed E-state index contributed by atoms with van der Waals surface area (Å²) >= 11 is 0. The topological polar surface area (TPSA) is 65.4 Å². The fraction of sp³-hybridized carbons (Fsp3) is 0.545. The van der Waals surface area contributed by atoms with Gasteiger partial charge >= 0.3 is 5.97 Å². The first-order valence-corrected chi connectivity index (χ1v) is 10.00. The van der Waals surface area contributed by atoms with E-state index in [1.807, 2.05) is 0 Å². The Kier molecular flexibility index (Phi) is 7.89. The molecule has 2 heterocycles. The Balaban J connectivity index is 2.28. The number of unbranched alkanes of at least 4 members (excludes halogenated alkanes) is 1. The molecule has 1 aromatic heterocycles. The van der Waals surface area contributed by atoms with Crippen molar-refractivity contribution < 1.29 is 9.90 Å². The van der Waals surface area contributed by atoms with Gasteiger partial charge in [0.1, 0.15) is 0 Å². The summed E-state index contributed by atoms with van der Waals surface area (Å²) in [5.74, 6) is -0.772. The fourth-order valence-corrected chi connectivity index (χ4v) is 3.31. The van der Waals surface area contributed by atoms with Crippen molar-refractivity contribution in [3.8, 4) is 0 Å².